The topological polar surface area (TPSA) is 50.4 Å². The number of carbonyl (C=O) groups excluding carboxylic acids is 1. The van der Waals surface area contributed by atoms with Crippen molar-refractivity contribution in [1.29, 1.82) is 0 Å². The summed E-state index contributed by atoms with van der Waals surface area (Å²) in [5.74, 6) is -4.01. The van der Waals surface area contributed by atoms with Crippen LogP contribution in [0, 0.1) is 0 Å². The third kappa shape index (κ3) is 11.6. The first kappa shape index (κ1) is 23.4. The minimum absolute atomic E-state index is 0.0245. The van der Waals surface area contributed by atoms with Gasteiger partial charge in [0.05, 0.1) is 12.4 Å². The number of ether oxygens (including phenoxy) is 1. The zero-order valence-corrected chi connectivity index (χ0v) is 15.9. The Morgan fingerprint density at radius 3 is 2.36 bits per heavy atom. The van der Waals surface area contributed by atoms with Gasteiger partial charge in [0.25, 0.3) is 0 Å². The molecule has 0 heterocycles. The molecule has 146 valence electrons. The maximum Gasteiger partial charge on any atom is 0.376 e. The van der Waals surface area contributed by atoms with Crippen molar-refractivity contribution >= 4 is 5.97 Å². The van der Waals surface area contributed by atoms with Crippen LogP contribution in [0.5, 0.6) is 0 Å². The zero-order valence-electron chi connectivity index (χ0n) is 15.9. The van der Waals surface area contributed by atoms with Crippen LogP contribution in [0.25, 0.3) is 0 Å². The van der Waals surface area contributed by atoms with Crippen molar-refractivity contribution in [2.45, 2.75) is 77.7 Å². The SMILES string of the molecule is C=C(C)CC(CC)NC(=C)NCCCCCCC(F)(F)C(=O)OCC. The number of halogens is 2. The van der Waals surface area contributed by atoms with E-state index in [1.165, 1.54) is 6.92 Å². The van der Waals surface area contributed by atoms with Crippen molar-refractivity contribution in [3.63, 3.8) is 0 Å². The predicted octanol–water partition coefficient (Wildman–Crippen LogP) is 4.53. The Balaban J connectivity index is 3.77. The molecule has 4 nitrogen and oxygen atoms in total. The lowest BCUT2D eigenvalue weighted by Crippen LogP contribution is -2.34. The number of nitrogens with one attached hydrogen (secondary N) is 2. The summed E-state index contributed by atoms with van der Waals surface area (Å²) in [5, 5.41) is 6.53. The lowest BCUT2D eigenvalue weighted by molar-refractivity contribution is -0.172. The van der Waals surface area contributed by atoms with Gasteiger partial charge in [0.1, 0.15) is 0 Å². The molecule has 0 aromatic carbocycles. The molecule has 0 aromatic heterocycles. The first-order valence-corrected chi connectivity index (χ1v) is 9.11. The van der Waals surface area contributed by atoms with E-state index >= 15 is 0 Å². The molecule has 0 radical (unpaired) electrons. The molecule has 0 spiro atoms. The molecule has 0 bridgehead atoms. The van der Waals surface area contributed by atoms with Crippen LogP contribution in [0.3, 0.4) is 0 Å². The van der Waals surface area contributed by atoms with E-state index in [1.807, 2.05) is 6.92 Å². The normalized spacial score (nSPS) is 12.4. The summed E-state index contributed by atoms with van der Waals surface area (Å²) in [4.78, 5) is 11.1. The Labute approximate surface area is 151 Å². The van der Waals surface area contributed by atoms with Crippen molar-refractivity contribution in [1.82, 2.24) is 10.6 Å². The van der Waals surface area contributed by atoms with Crippen LogP contribution in [0.15, 0.2) is 24.6 Å². The summed E-state index contributed by atoms with van der Waals surface area (Å²) in [6.45, 7) is 14.2. The first-order valence-electron chi connectivity index (χ1n) is 9.11. The summed E-state index contributed by atoms with van der Waals surface area (Å²) in [6.07, 6.45) is 4.09. The fourth-order valence-electron chi connectivity index (χ4n) is 2.42. The standard InChI is InChI=1S/C19H34F2N2O2/c1-6-17(14-15(3)4)23-16(5)22-13-11-9-8-10-12-19(20,21)18(24)25-7-2/h17,22-23H,3,5-14H2,1-2,4H3. The minimum atomic E-state index is -3.37. The second-order valence-electron chi connectivity index (χ2n) is 6.41. The summed E-state index contributed by atoms with van der Waals surface area (Å²) in [7, 11) is 0. The third-order valence-electron chi connectivity index (χ3n) is 3.80. The van der Waals surface area contributed by atoms with E-state index in [2.05, 4.69) is 35.5 Å². The second-order valence-corrected chi connectivity index (χ2v) is 6.41. The van der Waals surface area contributed by atoms with Gasteiger partial charge in [0.15, 0.2) is 0 Å². The molecule has 0 saturated carbocycles. The molecule has 2 N–H and O–H groups in total. The number of unbranched alkanes of at least 4 members (excludes halogenated alkanes) is 3. The van der Waals surface area contributed by atoms with Crippen molar-refractivity contribution in [3.8, 4) is 0 Å². The van der Waals surface area contributed by atoms with Gasteiger partial charge in [0, 0.05) is 19.0 Å². The van der Waals surface area contributed by atoms with Crippen LogP contribution in [-0.4, -0.2) is 31.1 Å². The lowest BCUT2D eigenvalue weighted by Gasteiger charge is -2.21. The molecule has 0 saturated heterocycles. The van der Waals surface area contributed by atoms with Gasteiger partial charge in [-0.15, -0.1) is 6.58 Å². The maximum absolute atomic E-state index is 13.4. The minimum Gasteiger partial charge on any atom is -0.462 e. The van der Waals surface area contributed by atoms with E-state index in [1.54, 1.807) is 0 Å². The molecule has 1 atom stereocenters. The predicted molar refractivity (Wildman–Crippen MR) is 98.5 cm³/mol. The van der Waals surface area contributed by atoms with Gasteiger partial charge in [-0.05, 0) is 39.5 Å². The highest BCUT2D eigenvalue weighted by atomic mass is 19.3. The number of alkyl halides is 2. The third-order valence-corrected chi connectivity index (χ3v) is 3.80. The van der Waals surface area contributed by atoms with E-state index in [4.69, 9.17) is 0 Å². The molecule has 6 heteroatoms. The number of hydrogen-bond donors (Lipinski definition) is 2. The van der Waals surface area contributed by atoms with E-state index in [0.717, 1.165) is 43.6 Å². The fraction of sp³-hybridized carbons (Fsp3) is 0.737. The summed E-state index contributed by atoms with van der Waals surface area (Å²) >= 11 is 0. The van der Waals surface area contributed by atoms with Crippen molar-refractivity contribution in [2.75, 3.05) is 13.2 Å². The maximum atomic E-state index is 13.4. The fourth-order valence-corrected chi connectivity index (χ4v) is 2.42. The second kappa shape index (κ2) is 12.7. The molecule has 0 aliphatic heterocycles. The van der Waals surface area contributed by atoms with Gasteiger partial charge in [0.2, 0.25) is 0 Å². The quantitative estimate of drug-likeness (QED) is 0.256. The summed E-state index contributed by atoms with van der Waals surface area (Å²) < 4.78 is 31.2. The van der Waals surface area contributed by atoms with Crippen LogP contribution in [-0.2, 0) is 9.53 Å². The molecule has 0 aromatic rings. The van der Waals surface area contributed by atoms with Crippen molar-refractivity contribution < 1.29 is 18.3 Å². The Hall–Kier alpha value is -1.59. The summed E-state index contributed by atoms with van der Waals surface area (Å²) in [6, 6.07) is 0.322. The van der Waals surface area contributed by atoms with Gasteiger partial charge < -0.3 is 15.4 Å². The smallest absolute Gasteiger partial charge is 0.376 e. The Kier molecular flexibility index (Phi) is 11.9. The van der Waals surface area contributed by atoms with E-state index in [-0.39, 0.29) is 6.61 Å². The molecule has 0 fully saturated rings. The van der Waals surface area contributed by atoms with Gasteiger partial charge >= 0.3 is 11.9 Å². The van der Waals surface area contributed by atoms with E-state index in [9.17, 15) is 13.6 Å². The van der Waals surface area contributed by atoms with Crippen molar-refractivity contribution in [3.05, 3.63) is 24.6 Å². The van der Waals surface area contributed by atoms with Crippen LogP contribution in [0.1, 0.15) is 65.7 Å². The Morgan fingerprint density at radius 2 is 1.80 bits per heavy atom. The monoisotopic (exact) mass is 360 g/mol. The average Bonchev–Trinajstić information content (AvgIpc) is 2.52. The molecule has 0 aliphatic carbocycles. The molecule has 0 amide bonds. The number of carbonyl (C=O) groups is 1. The van der Waals surface area contributed by atoms with Crippen LogP contribution in [0.4, 0.5) is 8.78 Å². The molecule has 1 unspecified atom stereocenters. The van der Waals surface area contributed by atoms with Gasteiger partial charge in [-0.2, -0.15) is 8.78 Å². The number of esters is 1. The van der Waals surface area contributed by atoms with Crippen LogP contribution < -0.4 is 10.6 Å². The summed E-state index contributed by atoms with van der Waals surface area (Å²) in [5.41, 5.74) is 1.13. The molecule has 25 heavy (non-hydrogen) atoms. The van der Waals surface area contributed by atoms with Gasteiger partial charge in [-0.3, -0.25) is 0 Å². The Bertz CT molecular complexity index is 426. The average molecular weight is 360 g/mol. The first-order chi connectivity index (χ1) is 11.7. The van der Waals surface area contributed by atoms with E-state index < -0.39 is 18.3 Å². The zero-order chi connectivity index (χ0) is 19.3. The van der Waals surface area contributed by atoms with Gasteiger partial charge in [-0.25, -0.2) is 4.79 Å². The van der Waals surface area contributed by atoms with E-state index in [0.29, 0.717) is 18.9 Å². The van der Waals surface area contributed by atoms with Crippen molar-refractivity contribution in [2.24, 2.45) is 0 Å². The molecule has 0 rings (SSSR count). The number of hydrogen-bond acceptors (Lipinski definition) is 4. The van der Waals surface area contributed by atoms with Crippen LogP contribution >= 0.6 is 0 Å². The number of rotatable bonds is 15. The van der Waals surface area contributed by atoms with Crippen LogP contribution in [0.2, 0.25) is 0 Å². The molecule has 0 aliphatic rings. The molecular weight excluding hydrogens is 326 g/mol. The highest BCUT2D eigenvalue weighted by Crippen LogP contribution is 2.23. The van der Waals surface area contributed by atoms with Gasteiger partial charge in [-0.1, -0.05) is 31.9 Å². The highest BCUT2D eigenvalue weighted by molar-refractivity contribution is 5.77. The Morgan fingerprint density at radius 1 is 1.16 bits per heavy atom. The highest BCUT2D eigenvalue weighted by Gasteiger charge is 2.39. The lowest BCUT2D eigenvalue weighted by atomic mass is 10.1. The molecular formula is C19H34F2N2O2. The largest absolute Gasteiger partial charge is 0.462 e.